The molecule has 2 aliphatic heterocycles. The monoisotopic (exact) mass is 349 g/mol. The minimum Gasteiger partial charge on any atom is -0.378 e. The number of anilines is 1. The maximum absolute atomic E-state index is 12.9. The van der Waals surface area contributed by atoms with Crippen molar-refractivity contribution in [3.63, 3.8) is 0 Å². The lowest BCUT2D eigenvalue weighted by Crippen LogP contribution is -2.54. The van der Waals surface area contributed by atoms with Gasteiger partial charge in [-0.05, 0) is 44.0 Å². The Kier molecular flexibility index (Phi) is 5.53. The third kappa shape index (κ3) is 4.28. The first-order chi connectivity index (χ1) is 12.0. The number of hydrogen-bond acceptors (Lipinski definition) is 3. The fraction of sp³-hybridized carbons (Fsp3) is 0.556. The number of carbonyl (C=O) groups excluding carboxylic acids is 2. The van der Waals surface area contributed by atoms with E-state index in [1.54, 1.807) is 4.90 Å². The van der Waals surface area contributed by atoms with Crippen molar-refractivity contribution in [2.24, 2.45) is 5.92 Å². The van der Waals surface area contributed by atoms with Crippen LogP contribution in [0.15, 0.2) is 24.3 Å². The van der Waals surface area contributed by atoms with E-state index in [1.807, 2.05) is 11.8 Å². The number of carbonyl (C=O) groups is 2. The number of piperazine rings is 1. The summed E-state index contributed by atoms with van der Waals surface area (Å²) < 4.78 is 18.5. The molecular weight excluding hydrogens is 325 g/mol. The molecule has 2 fully saturated rings. The average molecular weight is 349 g/mol. The van der Waals surface area contributed by atoms with E-state index < -0.39 is 0 Å². The summed E-state index contributed by atoms with van der Waals surface area (Å²) in [5.74, 6) is -0.287. The Morgan fingerprint density at radius 2 is 1.76 bits per heavy atom. The SMILES string of the molecule is CC1OCCCC1C(=O)N1CCN(C(=O)Nc2ccc(F)cc2)CC1. The predicted octanol–water partition coefficient (Wildman–Crippen LogP) is 2.32. The van der Waals surface area contributed by atoms with Gasteiger partial charge in [0.05, 0.1) is 12.0 Å². The van der Waals surface area contributed by atoms with Crippen LogP contribution >= 0.6 is 0 Å². The lowest BCUT2D eigenvalue weighted by Gasteiger charge is -2.38. The standard InChI is InChI=1S/C18H24FN3O3/c1-13-16(3-2-12-25-13)17(23)21-8-10-22(11-9-21)18(24)20-15-6-4-14(19)5-7-15/h4-7,13,16H,2-3,8-12H2,1H3,(H,20,24). The number of hydrogen-bond donors (Lipinski definition) is 1. The molecule has 0 aliphatic carbocycles. The third-order valence-electron chi connectivity index (χ3n) is 4.90. The summed E-state index contributed by atoms with van der Waals surface area (Å²) in [5, 5.41) is 2.75. The summed E-state index contributed by atoms with van der Waals surface area (Å²) in [5.41, 5.74) is 0.554. The molecule has 2 aliphatic rings. The molecule has 2 unspecified atom stereocenters. The number of amides is 3. The van der Waals surface area contributed by atoms with Gasteiger partial charge in [-0.2, -0.15) is 0 Å². The highest BCUT2D eigenvalue weighted by Crippen LogP contribution is 2.23. The summed E-state index contributed by atoms with van der Waals surface area (Å²) in [6, 6.07) is 5.43. The Morgan fingerprint density at radius 3 is 2.40 bits per heavy atom. The number of ether oxygens (including phenoxy) is 1. The zero-order valence-electron chi connectivity index (χ0n) is 14.4. The molecule has 6 nitrogen and oxygen atoms in total. The molecular formula is C18H24FN3O3. The van der Waals surface area contributed by atoms with Crippen molar-refractivity contribution in [3.05, 3.63) is 30.1 Å². The average Bonchev–Trinajstić information content (AvgIpc) is 2.63. The van der Waals surface area contributed by atoms with Crippen molar-refractivity contribution in [2.75, 3.05) is 38.1 Å². The first-order valence-corrected chi connectivity index (χ1v) is 8.76. The van der Waals surface area contributed by atoms with Crippen LogP contribution in [0.25, 0.3) is 0 Å². The van der Waals surface area contributed by atoms with Gasteiger partial charge in [0.25, 0.3) is 0 Å². The normalized spacial score (nSPS) is 24.1. The van der Waals surface area contributed by atoms with Crippen LogP contribution in [0.3, 0.4) is 0 Å². The molecule has 1 aromatic carbocycles. The van der Waals surface area contributed by atoms with Gasteiger partial charge < -0.3 is 19.9 Å². The summed E-state index contributed by atoms with van der Waals surface area (Å²) in [7, 11) is 0. The van der Waals surface area contributed by atoms with Gasteiger partial charge in [0.2, 0.25) is 5.91 Å². The Morgan fingerprint density at radius 1 is 1.12 bits per heavy atom. The highest BCUT2D eigenvalue weighted by Gasteiger charge is 2.33. The van der Waals surface area contributed by atoms with E-state index in [0.29, 0.717) is 31.9 Å². The smallest absolute Gasteiger partial charge is 0.321 e. The molecule has 0 radical (unpaired) electrons. The van der Waals surface area contributed by atoms with E-state index in [1.165, 1.54) is 24.3 Å². The number of rotatable bonds is 2. The Labute approximate surface area is 146 Å². The van der Waals surface area contributed by atoms with Crippen molar-refractivity contribution in [2.45, 2.75) is 25.9 Å². The second-order valence-electron chi connectivity index (χ2n) is 6.57. The minimum atomic E-state index is -0.342. The van der Waals surface area contributed by atoms with E-state index in [0.717, 1.165) is 19.4 Å². The maximum Gasteiger partial charge on any atom is 0.321 e. The van der Waals surface area contributed by atoms with Gasteiger partial charge in [0, 0.05) is 38.5 Å². The van der Waals surface area contributed by atoms with Gasteiger partial charge in [-0.3, -0.25) is 4.79 Å². The Hall–Kier alpha value is -2.15. The number of nitrogens with zero attached hydrogens (tertiary/aromatic N) is 2. The molecule has 136 valence electrons. The summed E-state index contributed by atoms with van der Waals surface area (Å²) in [6.45, 7) is 4.70. The zero-order valence-corrected chi connectivity index (χ0v) is 14.4. The van der Waals surface area contributed by atoms with Crippen LogP contribution in [0.2, 0.25) is 0 Å². The summed E-state index contributed by atoms with van der Waals surface area (Å²) in [4.78, 5) is 28.4. The second kappa shape index (κ2) is 7.82. The first-order valence-electron chi connectivity index (χ1n) is 8.76. The molecule has 25 heavy (non-hydrogen) atoms. The first kappa shape index (κ1) is 17.7. The van der Waals surface area contributed by atoms with Crippen molar-refractivity contribution in [3.8, 4) is 0 Å². The van der Waals surface area contributed by atoms with Crippen LogP contribution in [0, 0.1) is 11.7 Å². The van der Waals surface area contributed by atoms with E-state index in [2.05, 4.69) is 5.32 Å². The van der Waals surface area contributed by atoms with Crippen molar-refractivity contribution >= 4 is 17.6 Å². The Bertz CT molecular complexity index is 614. The summed E-state index contributed by atoms with van der Waals surface area (Å²) >= 11 is 0. The molecule has 1 aromatic rings. The largest absolute Gasteiger partial charge is 0.378 e. The lowest BCUT2D eigenvalue weighted by atomic mass is 9.93. The van der Waals surface area contributed by atoms with Crippen LogP contribution in [0.5, 0.6) is 0 Å². The van der Waals surface area contributed by atoms with E-state index in [9.17, 15) is 14.0 Å². The molecule has 7 heteroatoms. The molecule has 1 N–H and O–H groups in total. The van der Waals surface area contributed by atoms with Gasteiger partial charge in [-0.15, -0.1) is 0 Å². The van der Waals surface area contributed by atoms with E-state index >= 15 is 0 Å². The highest BCUT2D eigenvalue weighted by atomic mass is 19.1. The van der Waals surface area contributed by atoms with Crippen molar-refractivity contribution < 1.29 is 18.7 Å². The molecule has 2 atom stereocenters. The second-order valence-corrected chi connectivity index (χ2v) is 6.57. The van der Waals surface area contributed by atoms with Gasteiger partial charge in [0.15, 0.2) is 0 Å². The Balaban J connectivity index is 1.50. The van der Waals surface area contributed by atoms with Gasteiger partial charge >= 0.3 is 6.03 Å². The molecule has 0 aromatic heterocycles. The van der Waals surface area contributed by atoms with Crippen LogP contribution in [0.4, 0.5) is 14.9 Å². The topological polar surface area (TPSA) is 61.9 Å². The fourth-order valence-corrected chi connectivity index (χ4v) is 3.35. The molecule has 3 amide bonds. The van der Waals surface area contributed by atoms with Gasteiger partial charge in [-0.1, -0.05) is 0 Å². The van der Waals surface area contributed by atoms with E-state index in [-0.39, 0.29) is 29.8 Å². The van der Waals surface area contributed by atoms with Crippen LogP contribution in [-0.4, -0.2) is 60.6 Å². The number of benzene rings is 1. The fourth-order valence-electron chi connectivity index (χ4n) is 3.35. The van der Waals surface area contributed by atoms with Crippen molar-refractivity contribution in [1.82, 2.24) is 9.80 Å². The molecule has 0 saturated carbocycles. The van der Waals surface area contributed by atoms with E-state index in [4.69, 9.17) is 4.74 Å². The van der Waals surface area contributed by atoms with Crippen molar-refractivity contribution in [1.29, 1.82) is 0 Å². The minimum absolute atomic E-state index is 0.0407. The summed E-state index contributed by atoms with van der Waals surface area (Å²) in [6.07, 6.45) is 1.74. The van der Waals surface area contributed by atoms with Crippen LogP contribution in [0.1, 0.15) is 19.8 Å². The predicted molar refractivity (Wildman–Crippen MR) is 91.7 cm³/mol. The molecule has 2 heterocycles. The molecule has 0 spiro atoms. The lowest BCUT2D eigenvalue weighted by molar-refractivity contribution is -0.145. The zero-order chi connectivity index (χ0) is 17.8. The highest BCUT2D eigenvalue weighted by molar-refractivity contribution is 5.89. The van der Waals surface area contributed by atoms with Gasteiger partial charge in [0.1, 0.15) is 5.82 Å². The number of nitrogens with one attached hydrogen (secondary N) is 1. The molecule has 2 saturated heterocycles. The van der Waals surface area contributed by atoms with Crippen LogP contribution < -0.4 is 5.32 Å². The third-order valence-corrected chi connectivity index (χ3v) is 4.90. The number of urea groups is 1. The number of halogens is 1. The van der Waals surface area contributed by atoms with Gasteiger partial charge in [-0.25, -0.2) is 9.18 Å². The molecule has 0 bridgehead atoms. The van der Waals surface area contributed by atoms with Crippen LogP contribution in [-0.2, 0) is 9.53 Å². The maximum atomic E-state index is 12.9. The quantitative estimate of drug-likeness (QED) is 0.891. The molecule has 3 rings (SSSR count).